The molecular weight excluding hydrogens is 610 g/mol. The zero-order chi connectivity index (χ0) is 33.7. The van der Waals surface area contributed by atoms with Crippen LogP contribution in [0, 0.1) is 34.5 Å². The molecule has 14 atom stereocenters. The fourth-order valence-corrected chi connectivity index (χ4v) is 12.4. The molecule has 7 rings (SSSR count). The van der Waals surface area contributed by atoms with Gasteiger partial charge in [-0.1, -0.05) is 6.92 Å². The number of benzene rings is 1. The first kappa shape index (κ1) is 33.2. The zero-order valence-electron chi connectivity index (χ0n) is 28.3. The van der Waals surface area contributed by atoms with Gasteiger partial charge in [0.2, 0.25) is 0 Å². The second-order valence-corrected chi connectivity index (χ2v) is 14.7. The van der Waals surface area contributed by atoms with Gasteiger partial charge in [-0.25, -0.2) is 4.79 Å². The molecule has 1 saturated heterocycles. The van der Waals surface area contributed by atoms with E-state index in [9.17, 15) is 19.8 Å². The number of likely N-dealkylation sites (tertiary alicyclic amines) is 1. The Bertz CT molecular complexity index is 1390. The number of ether oxygens (including phenoxy) is 7. The number of methoxy groups -OCH3 is 5. The van der Waals surface area contributed by atoms with E-state index in [-0.39, 0.29) is 30.7 Å². The average molecular weight is 660 g/mol. The summed E-state index contributed by atoms with van der Waals surface area (Å²) >= 11 is 0. The maximum atomic E-state index is 13.9. The molecule has 0 amide bonds. The molecule has 0 aromatic heterocycles. The van der Waals surface area contributed by atoms with Crippen LogP contribution in [-0.4, -0.2) is 130 Å². The van der Waals surface area contributed by atoms with Crippen LogP contribution in [0.4, 0.5) is 0 Å². The molecule has 5 aliphatic carbocycles. The van der Waals surface area contributed by atoms with Crippen molar-refractivity contribution in [2.24, 2.45) is 34.5 Å². The molecule has 3 unspecified atom stereocenters. The van der Waals surface area contributed by atoms with E-state index in [0.29, 0.717) is 37.4 Å². The van der Waals surface area contributed by atoms with Gasteiger partial charge in [-0.05, 0) is 43.1 Å². The lowest BCUT2D eigenvalue weighted by Crippen LogP contribution is -2.79. The number of rotatable bonds is 10. The molecule has 1 heterocycles. The molecule has 2 N–H and O–H groups in total. The maximum absolute atomic E-state index is 13.9. The normalized spacial score (nSPS) is 47.4. The third-order valence-electron chi connectivity index (χ3n) is 13.4. The van der Waals surface area contributed by atoms with Crippen molar-refractivity contribution in [3.8, 4) is 5.75 Å². The molecule has 1 aromatic carbocycles. The summed E-state index contributed by atoms with van der Waals surface area (Å²) in [7, 11) is 8.11. The fraction of sp³-hybridized carbons (Fsp3) is 0.771. The number of esters is 2. The number of carbonyl (C=O) groups excluding carboxylic acids is 2. The topological polar surface area (TPSA) is 142 Å². The Morgan fingerprint density at radius 2 is 1.68 bits per heavy atom. The fourth-order valence-electron chi connectivity index (χ4n) is 12.4. The molecule has 6 aliphatic rings. The van der Waals surface area contributed by atoms with Crippen molar-refractivity contribution < 1.29 is 53.0 Å². The Hall–Kier alpha value is -2.32. The molecule has 260 valence electrons. The van der Waals surface area contributed by atoms with Crippen molar-refractivity contribution in [2.45, 2.75) is 80.9 Å². The van der Waals surface area contributed by atoms with E-state index in [0.717, 1.165) is 0 Å². The zero-order valence-corrected chi connectivity index (χ0v) is 28.3. The lowest BCUT2D eigenvalue weighted by molar-refractivity contribution is -0.300. The summed E-state index contributed by atoms with van der Waals surface area (Å²) < 4.78 is 43.2. The Balaban J connectivity index is 1.47. The number of nitrogens with zero attached hydrogens (tertiary/aromatic N) is 1. The summed E-state index contributed by atoms with van der Waals surface area (Å²) in [5, 5.41) is 24.8. The SMILES string of the molecule is CCN1C[C@@]2(COC)C3[C@@H](OC)[C@H]4C1[C@]3([C@@H](OC)C[C@H]2O)[C@@H]1C[C@@]2(O)[C@@H](OC)C[C@@]4(OC(C)=O)C1[C@H]2OC(=O)c1ccc(OC)cc1. The molecule has 5 saturated carbocycles. The number of aliphatic hydroxyl groups is 2. The quantitative estimate of drug-likeness (QED) is 0.353. The molecule has 47 heavy (non-hydrogen) atoms. The van der Waals surface area contributed by atoms with E-state index >= 15 is 0 Å². The minimum Gasteiger partial charge on any atom is -0.497 e. The molecule has 1 aromatic rings. The molecule has 0 radical (unpaired) electrons. The van der Waals surface area contributed by atoms with Gasteiger partial charge >= 0.3 is 11.9 Å². The molecule has 6 fully saturated rings. The maximum Gasteiger partial charge on any atom is 0.338 e. The number of hydrogen-bond acceptors (Lipinski definition) is 12. The van der Waals surface area contributed by atoms with E-state index in [2.05, 4.69) is 11.8 Å². The van der Waals surface area contributed by atoms with Crippen molar-refractivity contribution in [3.63, 3.8) is 0 Å². The standard InChI is InChI=1S/C35H49NO11/c1-8-36-16-32(17-41-3)22(38)13-23(43-5)35-21-14-33(40)24(44-6)15-34(47-18(2)37,26(29(35)36)27(45-7)28(32)35)25(21)30(33)46-31(39)19-9-11-20(42-4)12-10-19/h9-12,21-30,38,40H,8,13-17H2,1-7H3/t21-,22-,23+,24+,25?,26+,27+,28?,29?,30-,32+,33-,34-,35+/m1/s1. The van der Waals surface area contributed by atoms with E-state index in [1.807, 2.05) is 0 Å². The highest BCUT2D eigenvalue weighted by Crippen LogP contribution is 2.80. The van der Waals surface area contributed by atoms with E-state index < -0.39 is 76.3 Å². The van der Waals surface area contributed by atoms with Crippen molar-refractivity contribution in [1.82, 2.24) is 4.90 Å². The van der Waals surface area contributed by atoms with Gasteiger partial charge in [-0.2, -0.15) is 0 Å². The van der Waals surface area contributed by atoms with Gasteiger partial charge in [0, 0.05) is 89.4 Å². The lowest BCUT2D eigenvalue weighted by atomic mass is 9.42. The summed E-state index contributed by atoms with van der Waals surface area (Å²) in [5.41, 5.74) is -3.89. The Labute approximate surface area is 275 Å². The smallest absolute Gasteiger partial charge is 0.338 e. The Morgan fingerprint density at radius 1 is 0.979 bits per heavy atom. The highest BCUT2D eigenvalue weighted by Gasteiger charge is 2.90. The Morgan fingerprint density at radius 3 is 2.26 bits per heavy atom. The predicted molar refractivity (Wildman–Crippen MR) is 166 cm³/mol. The van der Waals surface area contributed by atoms with E-state index in [1.165, 1.54) is 14.0 Å². The largest absolute Gasteiger partial charge is 0.497 e. The monoisotopic (exact) mass is 659 g/mol. The van der Waals surface area contributed by atoms with E-state index in [4.69, 9.17) is 33.2 Å². The summed E-state index contributed by atoms with van der Waals surface area (Å²) in [5.74, 6) is -2.10. The number of fused-ring (bicyclic) bond motifs is 2. The minimum atomic E-state index is -1.58. The van der Waals surface area contributed by atoms with Crippen LogP contribution in [0.25, 0.3) is 0 Å². The summed E-state index contributed by atoms with van der Waals surface area (Å²) in [6, 6.07) is 6.44. The molecule has 12 heteroatoms. The highest BCUT2D eigenvalue weighted by atomic mass is 16.6. The summed E-state index contributed by atoms with van der Waals surface area (Å²) in [6.07, 6.45) is -2.70. The van der Waals surface area contributed by atoms with Crippen LogP contribution in [-0.2, 0) is 33.2 Å². The molecule has 7 bridgehead atoms. The number of carbonyl (C=O) groups is 2. The number of hydrogen-bond donors (Lipinski definition) is 2. The average Bonchev–Trinajstić information content (AvgIpc) is 3.43. The first-order chi connectivity index (χ1) is 22.5. The van der Waals surface area contributed by atoms with Crippen LogP contribution in [0.5, 0.6) is 5.75 Å². The molecule has 1 aliphatic heterocycles. The predicted octanol–water partition coefficient (Wildman–Crippen LogP) is 1.69. The van der Waals surface area contributed by atoms with Gasteiger partial charge in [0.15, 0.2) is 0 Å². The molecule has 1 spiro atoms. The van der Waals surface area contributed by atoms with Crippen LogP contribution in [0.2, 0.25) is 0 Å². The van der Waals surface area contributed by atoms with Crippen molar-refractivity contribution in [1.29, 1.82) is 0 Å². The van der Waals surface area contributed by atoms with E-state index in [1.54, 1.807) is 52.7 Å². The Kier molecular flexibility index (Phi) is 8.02. The third kappa shape index (κ3) is 4.00. The number of aliphatic hydroxyl groups excluding tert-OH is 1. The van der Waals surface area contributed by atoms with Crippen LogP contribution in [0.15, 0.2) is 24.3 Å². The van der Waals surface area contributed by atoms with Crippen LogP contribution < -0.4 is 4.74 Å². The third-order valence-corrected chi connectivity index (χ3v) is 13.4. The van der Waals surface area contributed by atoms with Crippen molar-refractivity contribution in [2.75, 3.05) is 55.2 Å². The molecule has 12 nitrogen and oxygen atoms in total. The minimum absolute atomic E-state index is 0.179. The van der Waals surface area contributed by atoms with Gasteiger partial charge in [-0.15, -0.1) is 0 Å². The van der Waals surface area contributed by atoms with Crippen LogP contribution in [0.3, 0.4) is 0 Å². The summed E-state index contributed by atoms with van der Waals surface area (Å²) in [6.45, 7) is 5.04. The van der Waals surface area contributed by atoms with Gasteiger partial charge in [0.05, 0.1) is 43.7 Å². The molecular formula is C35H49NO11. The highest BCUT2D eigenvalue weighted by molar-refractivity contribution is 5.89. The second-order valence-electron chi connectivity index (χ2n) is 14.7. The van der Waals surface area contributed by atoms with Crippen LogP contribution >= 0.6 is 0 Å². The van der Waals surface area contributed by atoms with Gasteiger partial charge in [0.1, 0.15) is 23.1 Å². The van der Waals surface area contributed by atoms with Crippen molar-refractivity contribution >= 4 is 11.9 Å². The number of piperidine rings is 1. The van der Waals surface area contributed by atoms with Gasteiger partial charge in [0.25, 0.3) is 0 Å². The summed E-state index contributed by atoms with van der Waals surface area (Å²) in [4.78, 5) is 29.5. The van der Waals surface area contributed by atoms with Crippen molar-refractivity contribution in [3.05, 3.63) is 29.8 Å². The lowest BCUT2D eigenvalue weighted by Gasteiger charge is -2.70. The van der Waals surface area contributed by atoms with Gasteiger partial charge in [-0.3, -0.25) is 9.69 Å². The van der Waals surface area contributed by atoms with Gasteiger partial charge < -0.3 is 43.4 Å². The van der Waals surface area contributed by atoms with Crippen LogP contribution in [0.1, 0.15) is 43.5 Å². The first-order valence-corrected chi connectivity index (χ1v) is 16.7. The first-order valence-electron chi connectivity index (χ1n) is 16.7. The second kappa shape index (κ2) is 11.4.